The topological polar surface area (TPSA) is 97.6 Å². The number of nitriles is 1. The lowest BCUT2D eigenvalue weighted by molar-refractivity contribution is -0.121. The lowest BCUT2D eigenvalue weighted by Gasteiger charge is -2.16. The zero-order valence-electron chi connectivity index (χ0n) is 15.1. The molecule has 0 aliphatic rings. The van der Waals surface area contributed by atoms with Crippen LogP contribution in [0.25, 0.3) is 11.4 Å². The van der Waals surface area contributed by atoms with E-state index in [1.54, 1.807) is 24.3 Å². The van der Waals surface area contributed by atoms with Gasteiger partial charge in [-0.05, 0) is 35.9 Å². The highest BCUT2D eigenvalue weighted by atomic mass is 35.5. The van der Waals surface area contributed by atoms with Crippen molar-refractivity contribution >= 4 is 17.5 Å². The SMILES string of the molecule is CCc1nc(-c2ccc(Cl)c(F)c2)nn1C(Cc1cccc(C#N)c1)C(N)=O. The van der Waals surface area contributed by atoms with Gasteiger partial charge in [0.05, 0.1) is 16.7 Å². The number of primary amides is 1. The summed E-state index contributed by atoms with van der Waals surface area (Å²) in [5, 5.41) is 13.5. The van der Waals surface area contributed by atoms with Crippen LogP contribution in [0.1, 0.15) is 29.9 Å². The van der Waals surface area contributed by atoms with Crippen molar-refractivity contribution in [1.29, 1.82) is 5.26 Å². The second kappa shape index (κ2) is 8.19. The third-order valence-corrected chi connectivity index (χ3v) is 4.61. The second-order valence-corrected chi connectivity index (χ2v) is 6.62. The van der Waals surface area contributed by atoms with Crippen molar-refractivity contribution in [3.63, 3.8) is 0 Å². The zero-order valence-corrected chi connectivity index (χ0v) is 15.8. The minimum atomic E-state index is -0.790. The fraction of sp³-hybridized carbons (Fsp3) is 0.200. The van der Waals surface area contributed by atoms with Crippen molar-refractivity contribution in [3.05, 3.63) is 70.3 Å². The van der Waals surface area contributed by atoms with E-state index in [2.05, 4.69) is 16.2 Å². The molecule has 0 aliphatic carbocycles. The molecule has 2 N–H and O–H groups in total. The number of benzene rings is 2. The highest BCUT2D eigenvalue weighted by Gasteiger charge is 2.24. The molecule has 1 amide bonds. The Kier molecular flexibility index (Phi) is 5.71. The highest BCUT2D eigenvalue weighted by molar-refractivity contribution is 6.30. The molecule has 0 bridgehead atoms. The Labute approximate surface area is 166 Å². The zero-order chi connectivity index (χ0) is 20.3. The van der Waals surface area contributed by atoms with Crippen LogP contribution in [0, 0.1) is 17.1 Å². The van der Waals surface area contributed by atoms with Crippen LogP contribution in [0.5, 0.6) is 0 Å². The molecule has 0 fully saturated rings. The number of aryl methyl sites for hydroxylation is 1. The van der Waals surface area contributed by atoms with Crippen molar-refractivity contribution in [3.8, 4) is 17.5 Å². The summed E-state index contributed by atoms with van der Waals surface area (Å²) < 4.78 is 15.3. The number of halogens is 2. The lowest BCUT2D eigenvalue weighted by atomic mass is 10.0. The summed E-state index contributed by atoms with van der Waals surface area (Å²) >= 11 is 5.73. The first kappa shape index (κ1) is 19.5. The molecule has 1 atom stereocenters. The Hall–Kier alpha value is -3.24. The van der Waals surface area contributed by atoms with E-state index >= 15 is 0 Å². The molecule has 0 spiro atoms. The Morgan fingerprint density at radius 2 is 2.14 bits per heavy atom. The summed E-state index contributed by atoms with van der Waals surface area (Å²) in [6.45, 7) is 1.88. The summed E-state index contributed by atoms with van der Waals surface area (Å²) in [7, 11) is 0. The number of carbonyl (C=O) groups excluding carboxylic acids is 1. The van der Waals surface area contributed by atoms with Crippen LogP contribution < -0.4 is 5.73 Å². The molecule has 0 radical (unpaired) electrons. The molecule has 2 aromatic carbocycles. The van der Waals surface area contributed by atoms with E-state index in [4.69, 9.17) is 22.6 Å². The Morgan fingerprint density at radius 1 is 1.36 bits per heavy atom. The van der Waals surface area contributed by atoms with Gasteiger partial charge >= 0.3 is 0 Å². The number of rotatable bonds is 6. The molecular formula is C20H17ClFN5O. The number of hydrogen-bond acceptors (Lipinski definition) is 4. The van der Waals surface area contributed by atoms with E-state index in [1.165, 1.54) is 16.8 Å². The van der Waals surface area contributed by atoms with E-state index in [0.717, 1.165) is 5.56 Å². The first-order valence-corrected chi connectivity index (χ1v) is 9.00. The third kappa shape index (κ3) is 4.02. The van der Waals surface area contributed by atoms with Gasteiger partial charge in [0.25, 0.3) is 0 Å². The van der Waals surface area contributed by atoms with Crippen molar-refractivity contribution in [1.82, 2.24) is 14.8 Å². The fourth-order valence-electron chi connectivity index (χ4n) is 2.90. The molecule has 0 saturated heterocycles. The van der Waals surface area contributed by atoms with Crippen molar-refractivity contribution in [2.45, 2.75) is 25.8 Å². The molecule has 28 heavy (non-hydrogen) atoms. The summed E-state index contributed by atoms with van der Waals surface area (Å²) in [4.78, 5) is 16.6. The Balaban J connectivity index is 2.00. The Bertz CT molecular complexity index is 1070. The smallest absolute Gasteiger partial charge is 0.242 e. The van der Waals surface area contributed by atoms with Gasteiger partial charge in [-0.2, -0.15) is 5.26 Å². The largest absolute Gasteiger partial charge is 0.368 e. The summed E-state index contributed by atoms with van der Waals surface area (Å²) in [5.74, 6) is -0.320. The van der Waals surface area contributed by atoms with Crippen molar-refractivity contribution < 1.29 is 9.18 Å². The van der Waals surface area contributed by atoms with Crippen LogP contribution >= 0.6 is 11.6 Å². The van der Waals surface area contributed by atoms with Gasteiger partial charge in [-0.25, -0.2) is 14.1 Å². The first-order chi connectivity index (χ1) is 13.4. The normalized spacial score (nSPS) is 11.8. The van der Waals surface area contributed by atoms with Gasteiger partial charge in [-0.15, -0.1) is 5.10 Å². The van der Waals surface area contributed by atoms with E-state index in [9.17, 15) is 9.18 Å². The van der Waals surface area contributed by atoms with E-state index in [-0.39, 0.29) is 17.3 Å². The summed E-state index contributed by atoms with van der Waals surface area (Å²) in [6.07, 6.45) is 0.765. The van der Waals surface area contributed by atoms with Gasteiger partial charge in [0, 0.05) is 18.4 Å². The number of carbonyl (C=O) groups is 1. The monoisotopic (exact) mass is 397 g/mol. The number of nitrogens with two attached hydrogens (primary N) is 1. The van der Waals surface area contributed by atoms with Crippen LogP contribution in [0.4, 0.5) is 4.39 Å². The number of nitrogens with zero attached hydrogens (tertiary/aromatic N) is 4. The van der Waals surface area contributed by atoms with Gasteiger partial charge in [-0.1, -0.05) is 30.7 Å². The van der Waals surface area contributed by atoms with Gasteiger partial charge < -0.3 is 5.73 Å². The van der Waals surface area contributed by atoms with E-state index in [0.29, 0.717) is 23.4 Å². The van der Waals surface area contributed by atoms with Gasteiger partial charge in [0.1, 0.15) is 17.7 Å². The third-order valence-electron chi connectivity index (χ3n) is 4.30. The number of aromatic nitrogens is 3. The van der Waals surface area contributed by atoms with Crippen LogP contribution in [-0.4, -0.2) is 20.7 Å². The van der Waals surface area contributed by atoms with E-state index in [1.807, 2.05) is 13.0 Å². The van der Waals surface area contributed by atoms with Crippen molar-refractivity contribution in [2.75, 3.05) is 0 Å². The molecule has 0 aliphatic heterocycles. The molecule has 3 aromatic rings. The Morgan fingerprint density at radius 3 is 2.79 bits per heavy atom. The molecule has 6 nitrogen and oxygen atoms in total. The van der Waals surface area contributed by atoms with Gasteiger partial charge in [-0.3, -0.25) is 4.79 Å². The van der Waals surface area contributed by atoms with Crippen LogP contribution in [0.15, 0.2) is 42.5 Å². The highest BCUT2D eigenvalue weighted by Crippen LogP contribution is 2.24. The van der Waals surface area contributed by atoms with Gasteiger partial charge in [0.2, 0.25) is 5.91 Å². The maximum absolute atomic E-state index is 13.8. The molecule has 1 aromatic heterocycles. The quantitative estimate of drug-likeness (QED) is 0.688. The summed E-state index contributed by atoms with van der Waals surface area (Å²) in [5.41, 5.74) is 7.35. The minimum Gasteiger partial charge on any atom is -0.368 e. The second-order valence-electron chi connectivity index (χ2n) is 6.21. The lowest BCUT2D eigenvalue weighted by Crippen LogP contribution is -2.30. The molecule has 8 heteroatoms. The number of amides is 1. The molecule has 0 saturated carbocycles. The van der Waals surface area contributed by atoms with Crippen LogP contribution in [-0.2, 0) is 17.6 Å². The average molecular weight is 398 g/mol. The predicted molar refractivity (Wildman–Crippen MR) is 103 cm³/mol. The first-order valence-electron chi connectivity index (χ1n) is 8.62. The molecular weight excluding hydrogens is 381 g/mol. The predicted octanol–water partition coefficient (Wildman–Crippen LogP) is 3.44. The fourth-order valence-corrected chi connectivity index (χ4v) is 3.02. The molecule has 3 rings (SSSR count). The van der Waals surface area contributed by atoms with E-state index < -0.39 is 17.8 Å². The average Bonchev–Trinajstić information content (AvgIpc) is 3.12. The molecule has 1 unspecified atom stereocenters. The standard InChI is InChI=1S/C20H17ClFN5O/c1-2-18-25-20(14-6-7-15(21)16(22)10-14)26-27(18)17(19(24)28)9-12-4-3-5-13(8-12)11-23/h3-8,10,17H,2,9H2,1H3,(H2,24,28). The van der Waals surface area contributed by atoms with Crippen LogP contribution in [0.2, 0.25) is 5.02 Å². The molecule has 1 heterocycles. The number of hydrogen-bond donors (Lipinski definition) is 1. The maximum atomic E-state index is 13.8. The maximum Gasteiger partial charge on any atom is 0.242 e. The minimum absolute atomic E-state index is 0.00582. The van der Waals surface area contributed by atoms with Crippen molar-refractivity contribution in [2.24, 2.45) is 5.73 Å². The summed E-state index contributed by atoms with van der Waals surface area (Å²) in [6, 6.07) is 12.5. The van der Waals surface area contributed by atoms with Gasteiger partial charge in [0.15, 0.2) is 5.82 Å². The van der Waals surface area contributed by atoms with Crippen LogP contribution in [0.3, 0.4) is 0 Å². The molecule has 142 valence electrons.